The van der Waals surface area contributed by atoms with E-state index in [4.69, 9.17) is 9.47 Å². The number of hydrogen-bond donors (Lipinski definition) is 0. The van der Waals surface area contributed by atoms with Gasteiger partial charge < -0.3 is 14.4 Å². The lowest BCUT2D eigenvalue weighted by Crippen LogP contribution is -2.50. The normalized spacial score (nSPS) is 19.7. The van der Waals surface area contributed by atoms with Crippen LogP contribution in [0.25, 0.3) is 0 Å². The number of benzene rings is 2. The summed E-state index contributed by atoms with van der Waals surface area (Å²) in [6.45, 7) is 8.95. The van der Waals surface area contributed by atoms with Gasteiger partial charge in [-0.15, -0.1) is 4.40 Å². The van der Waals surface area contributed by atoms with Gasteiger partial charge in [0.15, 0.2) is 0 Å². The van der Waals surface area contributed by atoms with E-state index in [9.17, 15) is 8.42 Å². The van der Waals surface area contributed by atoms with E-state index in [0.717, 1.165) is 16.7 Å². The molecule has 1 unspecified atom stereocenters. The van der Waals surface area contributed by atoms with Gasteiger partial charge in [-0.05, 0) is 31.5 Å². The van der Waals surface area contributed by atoms with Crippen molar-refractivity contribution in [2.24, 2.45) is 4.40 Å². The molecule has 0 amide bonds. The van der Waals surface area contributed by atoms with Crippen molar-refractivity contribution < 1.29 is 17.9 Å². The molecule has 32 heavy (non-hydrogen) atoms. The molecule has 2 saturated heterocycles. The van der Waals surface area contributed by atoms with Crippen LogP contribution in [0.1, 0.15) is 22.7 Å². The van der Waals surface area contributed by atoms with Crippen LogP contribution in [-0.2, 0) is 19.5 Å². The van der Waals surface area contributed by atoms with E-state index in [2.05, 4.69) is 38.5 Å². The maximum Gasteiger partial charge on any atom is 0.284 e. The average molecular weight is 458 g/mol. The number of nitrogens with zero attached hydrogens (tertiary/aromatic N) is 3. The predicted molar refractivity (Wildman–Crippen MR) is 125 cm³/mol. The van der Waals surface area contributed by atoms with Gasteiger partial charge in [0.2, 0.25) is 0 Å². The van der Waals surface area contributed by atoms with Crippen molar-refractivity contribution in [3.63, 3.8) is 0 Å². The lowest BCUT2D eigenvalue weighted by Gasteiger charge is -2.40. The Morgan fingerprint density at radius 1 is 0.812 bits per heavy atom. The van der Waals surface area contributed by atoms with Gasteiger partial charge in [-0.25, -0.2) is 0 Å². The van der Waals surface area contributed by atoms with E-state index >= 15 is 0 Å². The van der Waals surface area contributed by atoms with Crippen molar-refractivity contribution in [2.45, 2.75) is 24.8 Å². The summed E-state index contributed by atoms with van der Waals surface area (Å²) in [6, 6.07) is 14.8. The fourth-order valence-electron chi connectivity index (χ4n) is 4.07. The van der Waals surface area contributed by atoms with Gasteiger partial charge in [0, 0.05) is 26.2 Å². The Balaban J connectivity index is 1.82. The Morgan fingerprint density at radius 2 is 1.31 bits per heavy atom. The van der Waals surface area contributed by atoms with Crippen LogP contribution >= 0.6 is 0 Å². The number of hydrogen-bond acceptors (Lipinski definition) is 5. The number of morpholine rings is 2. The number of amidine groups is 1. The first-order chi connectivity index (χ1) is 15.4. The quantitative estimate of drug-likeness (QED) is 0.508. The molecule has 4 rings (SSSR count). The molecule has 2 aliphatic rings. The van der Waals surface area contributed by atoms with Gasteiger partial charge >= 0.3 is 0 Å². The average Bonchev–Trinajstić information content (AvgIpc) is 2.81. The van der Waals surface area contributed by atoms with Crippen molar-refractivity contribution in [1.82, 2.24) is 9.80 Å². The van der Waals surface area contributed by atoms with Crippen LogP contribution in [0.5, 0.6) is 0 Å². The molecule has 0 aliphatic carbocycles. The molecular weight excluding hydrogens is 426 g/mol. The summed E-state index contributed by atoms with van der Waals surface area (Å²) in [5, 5.41) is 0. The molecule has 0 radical (unpaired) electrons. The van der Waals surface area contributed by atoms with Crippen LogP contribution in [0.4, 0.5) is 0 Å². The Labute approximate surface area is 190 Å². The van der Waals surface area contributed by atoms with Crippen LogP contribution in [0.2, 0.25) is 0 Å². The van der Waals surface area contributed by atoms with Gasteiger partial charge in [0.25, 0.3) is 10.0 Å². The predicted octanol–water partition coefficient (Wildman–Crippen LogP) is 2.80. The zero-order valence-corrected chi connectivity index (χ0v) is 19.6. The summed E-state index contributed by atoms with van der Waals surface area (Å²) < 4.78 is 42.4. The van der Waals surface area contributed by atoms with E-state index in [-0.39, 0.29) is 10.9 Å². The van der Waals surface area contributed by atoms with Crippen LogP contribution < -0.4 is 0 Å². The van der Waals surface area contributed by atoms with Crippen molar-refractivity contribution >= 4 is 15.9 Å². The number of ether oxygens (including phenoxy) is 2. The molecule has 2 heterocycles. The van der Waals surface area contributed by atoms with E-state index < -0.39 is 10.0 Å². The van der Waals surface area contributed by atoms with E-state index in [0.29, 0.717) is 58.4 Å². The molecule has 2 aromatic rings. The third-order valence-corrected chi connectivity index (χ3v) is 7.21. The molecule has 0 bridgehead atoms. The van der Waals surface area contributed by atoms with Crippen LogP contribution in [-0.4, -0.2) is 76.7 Å². The molecular formula is C24H31N3O4S. The number of sulfonamides is 1. The molecule has 0 saturated carbocycles. The summed E-state index contributed by atoms with van der Waals surface area (Å²) >= 11 is 0. The zero-order valence-electron chi connectivity index (χ0n) is 18.7. The first-order valence-electron chi connectivity index (χ1n) is 11.1. The Bertz CT molecular complexity index is 1020. The molecule has 0 spiro atoms. The Kier molecular flexibility index (Phi) is 7.25. The molecule has 2 fully saturated rings. The van der Waals surface area contributed by atoms with Crippen LogP contribution in [0.3, 0.4) is 0 Å². The van der Waals surface area contributed by atoms with Gasteiger partial charge in [-0.3, -0.25) is 4.90 Å². The summed E-state index contributed by atoms with van der Waals surface area (Å²) in [5.74, 6) is 0.555. The van der Waals surface area contributed by atoms with E-state index in [1.807, 2.05) is 13.8 Å². The smallest absolute Gasteiger partial charge is 0.284 e. The highest BCUT2D eigenvalue weighted by molar-refractivity contribution is 7.90. The summed E-state index contributed by atoms with van der Waals surface area (Å²) in [4.78, 5) is 4.54. The molecule has 172 valence electrons. The van der Waals surface area contributed by atoms with Gasteiger partial charge in [0.05, 0.1) is 37.4 Å². The second-order valence-electron chi connectivity index (χ2n) is 8.30. The third-order valence-electron chi connectivity index (χ3n) is 5.92. The van der Waals surface area contributed by atoms with Crippen molar-refractivity contribution in [3.05, 3.63) is 65.2 Å². The molecule has 0 aromatic heterocycles. The molecule has 0 N–H and O–H groups in total. The number of aryl methyl sites for hydroxylation is 2. The highest BCUT2D eigenvalue weighted by Gasteiger charge is 2.33. The fourth-order valence-corrected chi connectivity index (χ4v) is 5.11. The second-order valence-corrected chi connectivity index (χ2v) is 9.90. The maximum absolute atomic E-state index is 13.4. The number of rotatable bonds is 5. The van der Waals surface area contributed by atoms with Crippen molar-refractivity contribution in [2.75, 3.05) is 52.6 Å². The monoisotopic (exact) mass is 457 g/mol. The summed E-state index contributed by atoms with van der Waals surface area (Å²) in [6.07, 6.45) is 0. The minimum Gasteiger partial charge on any atom is -0.379 e. The lowest BCUT2D eigenvalue weighted by molar-refractivity contribution is 0.0229. The maximum atomic E-state index is 13.4. The van der Waals surface area contributed by atoms with E-state index in [1.165, 1.54) is 0 Å². The standard InChI is InChI=1S/C24H31N3O4S/c1-19-3-7-21(8-4-19)23(26-11-15-30-16-12-26)24(27-13-17-31-18-14-27)25-32(28,29)22-9-5-20(2)6-10-22/h3-10,23H,11-18H2,1-2H3/b25-24-. The Hall–Kier alpha value is -2.26. The second kappa shape index (κ2) is 10.1. The molecule has 8 heteroatoms. The third kappa shape index (κ3) is 5.38. The van der Waals surface area contributed by atoms with Crippen molar-refractivity contribution in [3.8, 4) is 0 Å². The lowest BCUT2D eigenvalue weighted by atomic mass is 10.0. The molecule has 2 aliphatic heterocycles. The highest BCUT2D eigenvalue weighted by atomic mass is 32.2. The zero-order chi connectivity index (χ0) is 22.6. The van der Waals surface area contributed by atoms with Crippen molar-refractivity contribution in [1.29, 1.82) is 0 Å². The first-order valence-corrected chi connectivity index (χ1v) is 12.5. The molecule has 2 aromatic carbocycles. The molecule has 1 atom stereocenters. The summed E-state index contributed by atoms with van der Waals surface area (Å²) in [7, 11) is -3.88. The highest BCUT2D eigenvalue weighted by Crippen LogP contribution is 2.28. The SMILES string of the molecule is Cc1ccc(C(/C(=N/S(=O)(=O)c2ccc(C)cc2)N2CCOCC2)N2CCOCC2)cc1. The minimum atomic E-state index is -3.88. The van der Waals surface area contributed by atoms with E-state index in [1.54, 1.807) is 24.3 Å². The summed E-state index contributed by atoms with van der Waals surface area (Å²) in [5.41, 5.74) is 3.20. The minimum absolute atomic E-state index is 0.207. The first kappa shape index (κ1) is 22.9. The Morgan fingerprint density at radius 3 is 1.88 bits per heavy atom. The molecule has 7 nitrogen and oxygen atoms in total. The van der Waals surface area contributed by atoms with Gasteiger partial charge in [-0.1, -0.05) is 47.5 Å². The topological polar surface area (TPSA) is 71.4 Å². The fraction of sp³-hybridized carbons (Fsp3) is 0.458. The van der Waals surface area contributed by atoms with Gasteiger partial charge in [-0.2, -0.15) is 8.42 Å². The largest absolute Gasteiger partial charge is 0.379 e. The van der Waals surface area contributed by atoms with Crippen LogP contribution in [0.15, 0.2) is 57.8 Å². The van der Waals surface area contributed by atoms with Gasteiger partial charge in [0.1, 0.15) is 5.84 Å². The van der Waals surface area contributed by atoms with Crippen LogP contribution in [0, 0.1) is 13.8 Å².